The van der Waals surface area contributed by atoms with Crippen molar-refractivity contribution in [3.8, 4) is 0 Å². The first kappa shape index (κ1) is 8.93. The standard InChI is InChI=1S/C7H6S.CH4N2O/c1-2-6-4-7(3-1)8-5-6;2-1(3)4/h1-4H,5H2;(H4,2,3,4). The Morgan fingerprint density at radius 3 is 2.58 bits per heavy atom. The van der Waals surface area contributed by atoms with Crippen LogP contribution < -0.4 is 11.5 Å². The molecule has 0 fully saturated rings. The van der Waals surface area contributed by atoms with Gasteiger partial charge in [-0.1, -0.05) is 12.1 Å². The van der Waals surface area contributed by atoms with Crippen molar-refractivity contribution in [1.29, 1.82) is 0 Å². The fourth-order valence-electron chi connectivity index (χ4n) is 0.892. The molecule has 2 bridgehead atoms. The molecule has 4 N–H and O–H groups in total. The van der Waals surface area contributed by atoms with E-state index in [0.717, 1.165) is 0 Å². The van der Waals surface area contributed by atoms with Crippen molar-refractivity contribution in [2.45, 2.75) is 10.6 Å². The van der Waals surface area contributed by atoms with Crippen LogP contribution in [-0.4, -0.2) is 6.03 Å². The Hall–Kier alpha value is -1.16. The first-order valence-electron chi connectivity index (χ1n) is 3.45. The van der Waals surface area contributed by atoms with Gasteiger partial charge in [-0.15, -0.1) is 11.8 Å². The fourth-order valence-corrected chi connectivity index (χ4v) is 1.81. The van der Waals surface area contributed by atoms with E-state index < -0.39 is 6.03 Å². The minimum absolute atomic E-state index is 0.833. The first-order valence-corrected chi connectivity index (χ1v) is 4.43. The molecule has 2 amide bonds. The smallest absolute Gasteiger partial charge is 0.309 e. The molecule has 0 aromatic heterocycles. The Morgan fingerprint density at radius 1 is 1.42 bits per heavy atom. The third-order valence-electron chi connectivity index (χ3n) is 1.30. The van der Waals surface area contributed by atoms with Crippen molar-refractivity contribution in [3.63, 3.8) is 0 Å². The molecule has 0 unspecified atom stereocenters. The van der Waals surface area contributed by atoms with E-state index in [1.807, 2.05) is 11.8 Å². The highest BCUT2D eigenvalue weighted by molar-refractivity contribution is 7.98. The normalized spacial score (nSPS) is 11.7. The van der Waals surface area contributed by atoms with Crippen LogP contribution in [-0.2, 0) is 5.75 Å². The zero-order valence-corrected chi connectivity index (χ0v) is 7.30. The molecule has 64 valence electrons. The number of carbonyl (C=O) groups excluding carboxylic acids is 1. The molecule has 1 heterocycles. The topological polar surface area (TPSA) is 69.1 Å². The van der Waals surface area contributed by atoms with E-state index >= 15 is 0 Å². The third kappa shape index (κ3) is 2.84. The van der Waals surface area contributed by atoms with Gasteiger partial charge in [0.15, 0.2) is 0 Å². The van der Waals surface area contributed by atoms with Gasteiger partial charge < -0.3 is 11.5 Å². The van der Waals surface area contributed by atoms with Crippen LogP contribution in [0.5, 0.6) is 0 Å². The maximum atomic E-state index is 9.00. The van der Waals surface area contributed by atoms with Crippen LogP contribution in [0, 0.1) is 0 Å². The van der Waals surface area contributed by atoms with Crippen molar-refractivity contribution in [2.24, 2.45) is 11.5 Å². The quantitative estimate of drug-likeness (QED) is 0.635. The van der Waals surface area contributed by atoms with Crippen molar-refractivity contribution in [1.82, 2.24) is 0 Å². The molecule has 0 saturated carbocycles. The second-order valence-electron chi connectivity index (χ2n) is 2.34. The molecule has 0 saturated heterocycles. The molecule has 1 aliphatic heterocycles. The Morgan fingerprint density at radius 2 is 2.08 bits per heavy atom. The van der Waals surface area contributed by atoms with E-state index in [-0.39, 0.29) is 0 Å². The SMILES string of the molecule is NC(N)=O.c1cc2cc(c1)SC2. The van der Waals surface area contributed by atoms with Gasteiger partial charge in [0.05, 0.1) is 0 Å². The summed E-state index contributed by atoms with van der Waals surface area (Å²) >= 11 is 1.92. The molecule has 0 radical (unpaired) electrons. The lowest BCUT2D eigenvalue weighted by molar-refractivity contribution is 0.256. The number of thioether (sulfide) groups is 1. The lowest BCUT2D eigenvalue weighted by Gasteiger charge is -1.81. The van der Waals surface area contributed by atoms with Crippen LogP contribution in [0.1, 0.15) is 5.56 Å². The molecule has 2 rings (SSSR count). The van der Waals surface area contributed by atoms with Gasteiger partial charge in [0.2, 0.25) is 0 Å². The van der Waals surface area contributed by atoms with E-state index in [9.17, 15) is 0 Å². The summed E-state index contributed by atoms with van der Waals surface area (Å²) in [5, 5.41) is 0. The number of rotatable bonds is 0. The molecule has 0 atom stereocenters. The van der Waals surface area contributed by atoms with Gasteiger partial charge in [0.25, 0.3) is 0 Å². The van der Waals surface area contributed by atoms with Gasteiger partial charge in [-0.05, 0) is 17.7 Å². The number of hydrogen-bond donors (Lipinski definition) is 2. The number of fused-ring (bicyclic) bond motifs is 2. The zero-order valence-electron chi connectivity index (χ0n) is 6.49. The third-order valence-corrected chi connectivity index (χ3v) is 2.37. The average Bonchev–Trinajstić information content (AvgIpc) is 2.30. The van der Waals surface area contributed by atoms with Crippen LogP contribution in [0.15, 0.2) is 29.2 Å². The maximum Gasteiger partial charge on any atom is 0.309 e. The van der Waals surface area contributed by atoms with Crippen LogP contribution in [0.3, 0.4) is 0 Å². The van der Waals surface area contributed by atoms with Crippen molar-refractivity contribution < 1.29 is 4.79 Å². The minimum atomic E-state index is -0.833. The highest BCUT2D eigenvalue weighted by atomic mass is 32.2. The maximum absolute atomic E-state index is 9.00. The summed E-state index contributed by atoms with van der Waals surface area (Å²) in [5.74, 6) is 1.18. The number of amides is 2. The molecule has 1 aliphatic rings. The van der Waals surface area contributed by atoms with Crippen molar-refractivity contribution in [3.05, 3.63) is 29.8 Å². The average molecular weight is 182 g/mol. The number of primary amides is 2. The number of nitrogens with two attached hydrogens (primary N) is 2. The highest BCUT2D eigenvalue weighted by Gasteiger charge is 2.03. The van der Waals surface area contributed by atoms with Gasteiger partial charge in [0, 0.05) is 10.6 Å². The van der Waals surface area contributed by atoms with Crippen LogP contribution >= 0.6 is 11.8 Å². The molecular weight excluding hydrogens is 172 g/mol. The summed E-state index contributed by atoms with van der Waals surface area (Å²) in [6, 6.07) is 7.85. The zero-order chi connectivity index (χ0) is 8.97. The van der Waals surface area contributed by atoms with Gasteiger partial charge in [-0.2, -0.15) is 0 Å². The summed E-state index contributed by atoms with van der Waals surface area (Å²) in [7, 11) is 0. The second kappa shape index (κ2) is 4.01. The molecule has 1 aromatic rings. The summed E-state index contributed by atoms with van der Waals surface area (Å²) in [5.41, 5.74) is 9.97. The first-order chi connectivity index (χ1) is 5.68. The van der Waals surface area contributed by atoms with E-state index in [1.165, 1.54) is 16.2 Å². The Bertz CT molecular complexity index is 265. The number of carbonyl (C=O) groups is 1. The predicted molar refractivity (Wildman–Crippen MR) is 49.8 cm³/mol. The lowest BCUT2D eigenvalue weighted by Crippen LogP contribution is -2.18. The van der Waals surface area contributed by atoms with Gasteiger partial charge in [0.1, 0.15) is 0 Å². The Balaban J connectivity index is 0.000000157. The van der Waals surface area contributed by atoms with E-state index in [2.05, 4.69) is 35.7 Å². The van der Waals surface area contributed by atoms with Crippen LogP contribution in [0.2, 0.25) is 0 Å². The Labute approximate surface area is 75.1 Å². The summed E-state index contributed by atoms with van der Waals surface area (Å²) in [4.78, 5) is 10.4. The van der Waals surface area contributed by atoms with Crippen molar-refractivity contribution >= 4 is 17.8 Å². The summed E-state index contributed by atoms with van der Waals surface area (Å²) < 4.78 is 0. The van der Waals surface area contributed by atoms with Crippen molar-refractivity contribution in [2.75, 3.05) is 0 Å². The monoisotopic (exact) mass is 182 g/mol. The van der Waals surface area contributed by atoms with E-state index in [1.54, 1.807) is 0 Å². The molecule has 4 heteroatoms. The molecule has 0 aliphatic carbocycles. The summed E-state index contributed by atoms with van der Waals surface area (Å²) in [6.45, 7) is 0. The van der Waals surface area contributed by atoms with Gasteiger partial charge in [-0.3, -0.25) is 0 Å². The van der Waals surface area contributed by atoms with E-state index in [4.69, 9.17) is 4.79 Å². The number of hydrogen-bond acceptors (Lipinski definition) is 2. The Kier molecular flexibility index (Phi) is 2.99. The largest absolute Gasteiger partial charge is 0.352 e. The van der Waals surface area contributed by atoms with Gasteiger partial charge >= 0.3 is 6.03 Å². The molecule has 0 spiro atoms. The lowest BCUT2D eigenvalue weighted by atomic mass is 10.2. The van der Waals surface area contributed by atoms with Crippen LogP contribution in [0.25, 0.3) is 0 Å². The molecule has 3 nitrogen and oxygen atoms in total. The predicted octanol–water partition coefficient (Wildman–Crippen LogP) is 1.32. The second-order valence-corrected chi connectivity index (χ2v) is 3.39. The van der Waals surface area contributed by atoms with Gasteiger partial charge in [-0.25, -0.2) is 4.79 Å². The highest BCUT2D eigenvalue weighted by Crippen LogP contribution is 2.30. The number of benzene rings is 1. The molecular formula is C8H10N2OS. The van der Waals surface area contributed by atoms with Crippen LogP contribution in [0.4, 0.5) is 4.79 Å². The van der Waals surface area contributed by atoms with E-state index in [0.29, 0.717) is 0 Å². The molecule has 12 heavy (non-hydrogen) atoms. The number of urea groups is 1. The molecule has 1 aromatic carbocycles. The summed E-state index contributed by atoms with van der Waals surface area (Å²) in [6.07, 6.45) is 0. The fraction of sp³-hybridized carbons (Fsp3) is 0.125. The minimum Gasteiger partial charge on any atom is -0.352 e.